The minimum Gasteiger partial charge on any atom is -0.497 e. The number of methoxy groups -OCH3 is 1. The number of aliphatic hydroxyl groups excluding tert-OH is 1. The Morgan fingerprint density at radius 3 is 2.37 bits per heavy atom. The number of ether oxygens (including phenoxy) is 2. The molecule has 2 N–H and O–H groups in total. The van der Waals surface area contributed by atoms with Crippen LogP contribution in [0.4, 0.5) is 4.39 Å². The molecule has 3 atom stereocenters. The van der Waals surface area contributed by atoms with Crippen molar-refractivity contribution in [1.29, 1.82) is 5.41 Å². The predicted molar refractivity (Wildman–Crippen MR) is 159 cm³/mol. The molecule has 0 aromatic heterocycles. The molecule has 0 saturated carbocycles. The lowest BCUT2D eigenvalue weighted by Gasteiger charge is -2.28. The highest BCUT2D eigenvalue weighted by Gasteiger charge is 2.30. The first kappa shape index (κ1) is 32.4. The SMILES string of the molecule is COc1ccc(C(=O)CCCCCC(=O)C(C=N)[C@@H](Cc2ccc(OCCCCF)cc2)CN2CC[C@H](O)C2)cc1. The standard InChI is InChI=1S/C33H45FN2O5/c1-40-29-15-11-26(12-16-29)32(38)7-3-2-4-8-33(39)31(22-35)27(23-36-19-17-28(37)24-36)21-25-9-13-30(14-10-25)41-20-6-5-18-34/h9-16,22,27-28,31,35,37H,2-8,17-21,23-24H2,1H3/t27-,28-,31?/m0/s1. The van der Waals surface area contributed by atoms with Crippen LogP contribution in [0.5, 0.6) is 11.5 Å². The average molecular weight is 569 g/mol. The molecule has 1 aliphatic heterocycles. The molecule has 0 bridgehead atoms. The molecule has 0 aliphatic carbocycles. The van der Waals surface area contributed by atoms with E-state index in [0.717, 1.165) is 30.7 Å². The minimum absolute atomic E-state index is 0.0547. The third-order valence-corrected chi connectivity index (χ3v) is 7.76. The van der Waals surface area contributed by atoms with Crippen LogP contribution >= 0.6 is 0 Å². The summed E-state index contributed by atoms with van der Waals surface area (Å²) in [6.07, 6.45) is 6.44. The number of carbonyl (C=O) groups excluding carboxylic acids is 2. The molecule has 1 aliphatic rings. The highest BCUT2D eigenvalue weighted by atomic mass is 19.1. The molecule has 0 radical (unpaired) electrons. The van der Waals surface area contributed by atoms with Crippen molar-refractivity contribution in [3.8, 4) is 11.5 Å². The molecule has 8 heteroatoms. The van der Waals surface area contributed by atoms with Crippen molar-refractivity contribution in [3.63, 3.8) is 0 Å². The maximum atomic E-state index is 13.3. The molecule has 3 rings (SSSR count). The van der Waals surface area contributed by atoms with Gasteiger partial charge in [-0.2, -0.15) is 0 Å². The van der Waals surface area contributed by atoms with Gasteiger partial charge >= 0.3 is 0 Å². The van der Waals surface area contributed by atoms with Gasteiger partial charge in [-0.3, -0.25) is 14.0 Å². The summed E-state index contributed by atoms with van der Waals surface area (Å²) in [4.78, 5) is 28.0. The van der Waals surface area contributed by atoms with E-state index in [9.17, 15) is 19.1 Å². The van der Waals surface area contributed by atoms with Gasteiger partial charge in [0.25, 0.3) is 0 Å². The van der Waals surface area contributed by atoms with Crippen LogP contribution in [0.3, 0.4) is 0 Å². The molecule has 1 heterocycles. The van der Waals surface area contributed by atoms with Crippen LogP contribution in [0.15, 0.2) is 48.5 Å². The van der Waals surface area contributed by atoms with Crippen LogP contribution in [0.25, 0.3) is 0 Å². The fraction of sp³-hybridized carbons (Fsp3) is 0.545. The van der Waals surface area contributed by atoms with Gasteiger partial charge in [-0.15, -0.1) is 0 Å². The number of likely N-dealkylation sites (tertiary alicyclic amines) is 1. The Balaban J connectivity index is 1.52. The normalized spacial score (nSPS) is 16.7. The highest BCUT2D eigenvalue weighted by Crippen LogP contribution is 2.25. The fourth-order valence-corrected chi connectivity index (χ4v) is 5.37. The summed E-state index contributed by atoms with van der Waals surface area (Å²) in [5, 5.41) is 18.2. The van der Waals surface area contributed by atoms with Crippen molar-refractivity contribution in [2.24, 2.45) is 11.8 Å². The second kappa shape index (κ2) is 17.7. The smallest absolute Gasteiger partial charge is 0.162 e. The van der Waals surface area contributed by atoms with E-state index in [1.807, 2.05) is 24.3 Å². The lowest BCUT2D eigenvalue weighted by atomic mass is 9.82. The van der Waals surface area contributed by atoms with E-state index >= 15 is 0 Å². The number of unbranched alkanes of at least 4 members (excludes halogenated alkanes) is 3. The molecule has 1 unspecified atom stereocenters. The van der Waals surface area contributed by atoms with Gasteiger partial charge in [-0.1, -0.05) is 18.6 Å². The number of benzene rings is 2. The van der Waals surface area contributed by atoms with Gasteiger partial charge in [0, 0.05) is 44.3 Å². The van der Waals surface area contributed by atoms with Crippen LogP contribution in [0, 0.1) is 17.2 Å². The van der Waals surface area contributed by atoms with Crippen LogP contribution in [-0.4, -0.2) is 73.9 Å². The van der Waals surface area contributed by atoms with E-state index in [4.69, 9.17) is 14.9 Å². The number of nitrogens with one attached hydrogen (secondary N) is 1. The molecule has 0 amide bonds. The molecular formula is C33H45FN2O5. The Labute approximate surface area is 243 Å². The van der Waals surface area contributed by atoms with Gasteiger partial charge in [0.1, 0.15) is 17.3 Å². The third kappa shape index (κ3) is 11.0. The lowest BCUT2D eigenvalue weighted by molar-refractivity contribution is -0.122. The van der Waals surface area contributed by atoms with Gasteiger partial charge in [-0.05, 0) is 86.4 Å². The number of rotatable bonds is 20. The lowest BCUT2D eigenvalue weighted by Crippen LogP contribution is -2.37. The van der Waals surface area contributed by atoms with E-state index in [2.05, 4.69) is 4.90 Å². The molecular weight excluding hydrogens is 523 g/mol. The molecule has 1 fully saturated rings. The molecule has 2 aromatic rings. The summed E-state index contributed by atoms with van der Waals surface area (Å²) < 4.78 is 23.1. The van der Waals surface area contributed by atoms with Crippen molar-refractivity contribution in [2.45, 2.75) is 63.9 Å². The zero-order chi connectivity index (χ0) is 29.5. The number of ketones is 2. The summed E-state index contributed by atoms with van der Waals surface area (Å²) >= 11 is 0. The highest BCUT2D eigenvalue weighted by molar-refractivity contribution is 5.96. The van der Waals surface area contributed by atoms with Crippen molar-refractivity contribution < 1.29 is 28.6 Å². The zero-order valence-corrected chi connectivity index (χ0v) is 24.2. The number of alkyl halides is 1. The fourth-order valence-electron chi connectivity index (χ4n) is 5.37. The molecule has 2 aromatic carbocycles. The Kier molecular flexibility index (Phi) is 14.0. The number of hydrogen-bond acceptors (Lipinski definition) is 7. The molecule has 224 valence electrons. The summed E-state index contributed by atoms with van der Waals surface area (Å²) in [7, 11) is 1.59. The number of carbonyl (C=O) groups is 2. The van der Waals surface area contributed by atoms with Gasteiger partial charge in [-0.25, -0.2) is 0 Å². The van der Waals surface area contributed by atoms with Crippen LogP contribution in [-0.2, 0) is 11.2 Å². The van der Waals surface area contributed by atoms with E-state index in [1.165, 1.54) is 6.21 Å². The van der Waals surface area contributed by atoms with Crippen LogP contribution in [0.2, 0.25) is 0 Å². The second-order valence-electron chi connectivity index (χ2n) is 10.9. The second-order valence-corrected chi connectivity index (χ2v) is 10.9. The first-order chi connectivity index (χ1) is 19.9. The van der Waals surface area contributed by atoms with Crippen molar-refractivity contribution in [3.05, 3.63) is 59.7 Å². The Morgan fingerprint density at radius 2 is 1.73 bits per heavy atom. The topological polar surface area (TPSA) is 99.9 Å². The summed E-state index contributed by atoms with van der Waals surface area (Å²) in [5.41, 5.74) is 1.72. The molecule has 1 saturated heterocycles. The summed E-state index contributed by atoms with van der Waals surface area (Å²) in [6, 6.07) is 14.9. The predicted octanol–water partition coefficient (Wildman–Crippen LogP) is 5.72. The number of nitrogens with zero attached hydrogens (tertiary/aromatic N) is 1. The Bertz CT molecular complexity index is 1080. The Morgan fingerprint density at radius 1 is 1.02 bits per heavy atom. The zero-order valence-electron chi connectivity index (χ0n) is 24.2. The molecule has 7 nitrogen and oxygen atoms in total. The maximum absolute atomic E-state index is 13.3. The minimum atomic E-state index is -0.509. The quantitative estimate of drug-likeness (QED) is 0.120. The summed E-state index contributed by atoms with van der Waals surface area (Å²) in [5.74, 6) is 0.993. The van der Waals surface area contributed by atoms with Gasteiger partial charge in [0.15, 0.2) is 5.78 Å². The van der Waals surface area contributed by atoms with E-state index in [1.54, 1.807) is 31.4 Å². The van der Waals surface area contributed by atoms with Crippen molar-refractivity contribution in [2.75, 3.05) is 40.0 Å². The maximum Gasteiger partial charge on any atom is 0.162 e. The van der Waals surface area contributed by atoms with Gasteiger partial charge in [0.05, 0.1) is 32.4 Å². The third-order valence-electron chi connectivity index (χ3n) is 7.76. The van der Waals surface area contributed by atoms with Gasteiger partial charge in [0.2, 0.25) is 0 Å². The number of halogens is 1. The number of Topliss-reactive ketones (excluding diaryl/α,β-unsaturated/α-hetero) is 2. The summed E-state index contributed by atoms with van der Waals surface area (Å²) in [6.45, 7) is 2.15. The first-order valence-corrected chi connectivity index (χ1v) is 14.8. The Hall–Kier alpha value is -3.10. The monoisotopic (exact) mass is 568 g/mol. The van der Waals surface area contributed by atoms with Crippen molar-refractivity contribution in [1.82, 2.24) is 4.90 Å². The van der Waals surface area contributed by atoms with Gasteiger partial charge < -0.3 is 24.9 Å². The largest absolute Gasteiger partial charge is 0.497 e. The van der Waals surface area contributed by atoms with Crippen LogP contribution in [0.1, 0.15) is 67.3 Å². The van der Waals surface area contributed by atoms with E-state index < -0.39 is 5.92 Å². The number of β-amino-alcohol motifs (C(OH)–C–C–N with tert-alkyl or cyclic N) is 1. The molecule has 41 heavy (non-hydrogen) atoms. The van der Waals surface area contributed by atoms with Crippen LogP contribution < -0.4 is 9.47 Å². The number of hydrogen-bond donors (Lipinski definition) is 2. The number of aliphatic hydroxyl groups is 1. The van der Waals surface area contributed by atoms with Crippen molar-refractivity contribution >= 4 is 17.8 Å². The van der Waals surface area contributed by atoms with E-state index in [-0.39, 0.29) is 30.3 Å². The van der Waals surface area contributed by atoms with E-state index in [0.29, 0.717) is 76.0 Å². The average Bonchev–Trinajstić information content (AvgIpc) is 3.40. The first-order valence-electron chi connectivity index (χ1n) is 14.8. The molecule has 0 spiro atoms.